The monoisotopic (exact) mass is 441 g/mol. The summed E-state index contributed by atoms with van der Waals surface area (Å²) in [7, 11) is 0. The minimum absolute atomic E-state index is 0.0682. The number of hydrogen-bond acceptors (Lipinski definition) is 4. The van der Waals surface area contributed by atoms with Gasteiger partial charge in [0.15, 0.2) is 6.61 Å². The molecule has 0 bridgehead atoms. The van der Waals surface area contributed by atoms with Crippen LogP contribution in [0, 0.1) is 0 Å². The Bertz CT molecular complexity index is 1130. The number of hydrazone groups is 1. The van der Waals surface area contributed by atoms with E-state index in [-0.39, 0.29) is 17.0 Å². The van der Waals surface area contributed by atoms with Crippen molar-refractivity contribution in [3.63, 3.8) is 0 Å². The number of carbonyl (C=O) groups excluding carboxylic acids is 2. The summed E-state index contributed by atoms with van der Waals surface area (Å²) >= 11 is 0. The van der Waals surface area contributed by atoms with Gasteiger partial charge in [0, 0.05) is 0 Å². The van der Waals surface area contributed by atoms with Crippen LogP contribution < -0.4 is 15.5 Å². The summed E-state index contributed by atoms with van der Waals surface area (Å²) in [4.78, 5) is 24.4. The highest BCUT2D eigenvalue weighted by Crippen LogP contribution is 2.32. The molecule has 2 N–H and O–H groups in total. The molecule has 0 aliphatic rings. The average molecular weight is 441 g/mol. The minimum Gasteiger partial charge on any atom is -0.483 e. The van der Waals surface area contributed by atoms with E-state index in [1.54, 1.807) is 42.5 Å². The zero-order valence-corrected chi connectivity index (χ0v) is 16.6. The van der Waals surface area contributed by atoms with Crippen LogP contribution in [0.15, 0.2) is 84.0 Å². The Kier molecular flexibility index (Phi) is 6.89. The number of para-hydroxylation sites is 1. The van der Waals surface area contributed by atoms with Gasteiger partial charge in [-0.3, -0.25) is 9.59 Å². The average Bonchev–Trinajstić information content (AvgIpc) is 2.78. The quantitative estimate of drug-likeness (QED) is 0.439. The summed E-state index contributed by atoms with van der Waals surface area (Å²) in [6.45, 7) is -0.591. The fourth-order valence-electron chi connectivity index (χ4n) is 2.75. The van der Waals surface area contributed by atoms with Crippen LogP contribution >= 0.6 is 0 Å². The van der Waals surface area contributed by atoms with Gasteiger partial charge in [0.1, 0.15) is 5.75 Å². The minimum atomic E-state index is -4.59. The number of anilines is 1. The number of ether oxygens (including phenoxy) is 1. The SMILES string of the molecule is NC(=O)c1ccccc1OCC(=O)N(/N=C/c1ccccc1)c1cccc(C(F)(F)F)c1. The van der Waals surface area contributed by atoms with Crippen molar-refractivity contribution in [2.45, 2.75) is 6.18 Å². The molecule has 0 radical (unpaired) electrons. The molecule has 0 spiro atoms. The Morgan fingerprint density at radius 3 is 2.34 bits per heavy atom. The second kappa shape index (κ2) is 9.78. The number of nitrogens with zero attached hydrogens (tertiary/aromatic N) is 2. The van der Waals surface area contributed by atoms with Gasteiger partial charge in [-0.1, -0.05) is 48.5 Å². The van der Waals surface area contributed by atoms with Crippen molar-refractivity contribution < 1.29 is 27.5 Å². The smallest absolute Gasteiger partial charge is 0.416 e. The van der Waals surface area contributed by atoms with E-state index < -0.39 is 30.2 Å². The number of halogens is 3. The van der Waals surface area contributed by atoms with Gasteiger partial charge in [0.05, 0.1) is 23.0 Å². The number of nitrogens with two attached hydrogens (primary N) is 1. The number of hydrogen-bond donors (Lipinski definition) is 1. The van der Waals surface area contributed by atoms with Gasteiger partial charge in [0.2, 0.25) is 0 Å². The lowest BCUT2D eigenvalue weighted by molar-refractivity contribution is -0.137. The summed E-state index contributed by atoms with van der Waals surface area (Å²) < 4.78 is 44.9. The van der Waals surface area contributed by atoms with Gasteiger partial charge >= 0.3 is 6.18 Å². The maximum atomic E-state index is 13.2. The molecule has 3 aromatic carbocycles. The van der Waals surface area contributed by atoms with Gasteiger partial charge in [-0.2, -0.15) is 23.3 Å². The molecule has 0 unspecified atom stereocenters. The molecular weight excluding hydrogens is 423 g/mol. The Hall–Kier alpha value is -4.14. The lowest BCUT2D eigenvalue weighted by Crippen LogP contribution is -2.31. The standard InChI is InChI=1S/C23H18F3N3O3/c24-23(25,26)17-9-6-10-18(13-17)29(28-14-16-7-2-1-3-8-16)21(30)15-32-20-12-5-4-11-19(20)22(27)31/h1-14H,15H2,(H2,27,31)/b28-14+. The first-order valence-electron chi connectivity index (χ1n) is 9.36. The first-order valence-corrected chi connectivity index (χ1v) is 9.36. The third-order valence-electron chi connectivity index (χ3n) is 4.28. The zero-order chi connectivity index (χ0) is 23.1. The first kappa shape index (κ1) is 22.5. The topological polar surface area (TPSA) is 85.0 Å². The maximum absolute atomic E-state index is 13.2. The highest BCUT2D eigenvalue weighted by molar-refractivity contribution is 5.97. The van der Waals surface area contributed by atoms with Crippen molar-refractivity contribution in [3.8, 4) is 5.75 Å². The van der Waals surface area contributed by atoms with E-state index >= 15 is 0 Å². The predicted octanol–water partition coefficient (Wildman–Crippen LogP) is 4.25. The highest BCUT2D eigenvalue weighted by Gasteiger charge is 2.31. The normalized spacial score (nSPS) is 11.3. The predicted molar refractivity (Wildman–Crippen MR) is 113 cm³/mol. The van der Waals surface area contributed by atoms with Crippen LogP contribution in [0.5, 0.6) is 5.75 Å². The molecule has 0 heterocycles. The van der Waals surface area contributed by atoms with Crippen LogP contribution in [-0.4, -0.2) is 24.6 Å². The zero-order valence-electron chi connectivity index (χ0n) is 16.6. The Balaban J connectivity index is 1.89. The van der Waals surface area contributed by atoms with Crippen molar-refractivity contribution in [3.05, 3.63) is 95.6 Å². The summed E-state index contributed by atoms with van der Waals surface area (Å²) in [6.07, 6.45) is -3.25. The molecule has 0 saturated heterocycles. The van der Waals surface area contributed by atoms with Crippen LogP contribution in [0.1, 0.15) is 21.5 Å². The van der Waals surface area contributed by atoms with E-state index in [2.05, 4.69) is 5.10 Å². The van der Waals surface area contributed by atoms with Gasteiger partial charge in [-0.25, -0.2) is 0 Å². The second-order valence-electron chi connectivity index (χ2n) is 6.56. The number of benzene rings is 3. The van der Waals surface area contributed by atoms with Crippen LogP contribution in [0.25, 0.3) is 0 Å². The summed E-state index contributed by atoms with van der Waals surface area (Å²) in [5.41, 5.74) is 4.98. The molecule has 3 rings (SSSR count). The summed E-state index contributed by atoms with van der Waals surface area (Å²) in [5.74, 6) is -1.43. The second-order valence-corrected chi connectivity index (χ2v) is 6.56. The van der Waals surface area contributed by atoms with Gasteiger partial charge < -0.3 is 10.5 Å². The van der Waals surface area contributed by atoms with E-state index in [9.17, 15) is 22.8 Å². The molecule has 0 aliphatic carbocycles. The van der Waals surface area contributed by atoms with Gasteiger partial charge in [-0.05, 0) is 35.9 Å². The molecule has 2 amide bonds. The van der Waals surface area contributed by atoms with Crippen molar-refractivity contribution in [2.24, 2.45) is 10.8 Å². The van der Waals surface area contributed by atoms with E-state index in [4.69, 9.17) is 10.5 Å². The van der Waals surface area contributed by atoms with Gasteiger partial charge in [0.25, 0.3) is 11.8 Å². The fourth-order valence-corrected chi connectivity index (χ4v) is 2.75. The summed E-state index contributed by atoms with van der Waals surface area (Å²) in [6, 6.07) is 19.0. The molecule has 0 atom stereocenters. The number of amides is 2. The Morgan fingerprint density at radius 2 is 1.66 bits per heavy atom. The van der Waals surface area contributed by atoms with E-state index in [0.717, 1.165) is 17.1 Å². The van der Waals surface area contributed by atoms with Crippen LogP contribution in [0.2, 0.25) is 0 Å². The number of primary amides is 1. The molecule has 0 aliphatic heterocycles. The van der Waals surface area contributed by atoms with Crippen molar-refractivity contribution in [1.82, 2.24) is 0 Å². The third-order valence-corrected chi connectivity index (χ3v) is 4.28. The number of rotatable bonds is 7. The molecule has 3 aromatic rings. The molecule has 6 nitrogen and oxygen atoms in total. The van der Waals surface area contributed by atoms with Crippen LogP contribution in [-0.2, 0) is 11.0 Å². The van der Waals surface area contributed by atoms with Crippen molar-refractivity contribution >= 4 is 23.7 Å². The lowest BCUT2D eigenvalue weighted by Gasteiger charge is -2.19. The van der Waals surface area contributed by atoms with Crippen molar-refractivity contribution in [2.75, 3.05) is 11.6 Å². The van der Waals surface area contributed by atoms with E-state index in [0.29, 0.717) is 5.56 Å². The van der Waals surface area contributed by atoms with Gasteiger partial charge in [-0.15, -0.1) is 0 Å². The molecule has 0 aromatic heterocycles. The summed E-state index contributed by atoms with van der Waals surface area (Å²) in [5, 5.41) is 4.89. The number of carbonyl (C=O) groups is 2. The molecule has 32 heavy (non-hydrogen) atoms. The third kappa shape index (κ3) is 5.72. The lowest BCUT2D eigenvalue weighted by atomic mass is 10.2. The van der Waals surface area contributed by atoms with Crippen LogP contribution in [0.3, 0.4) is 0 Å². The largest absolute Gasteiger partial charge is 0.483 e. The molecule has 9 heteroatoms. The maximum Gasteiger partial charge on any atom is 0.416 e. The van der Waals surface area contributed by atoms with Crippen LogP contribution in [0.4, 0.5) is 18.9 Å². The fraction of sp³-hybridized carbons (Fsp3) is 0.0870. The Labute approximate surface area is 181 Å². The highest BCUT2D eigenvalue weighted by atomic mass is 19.4. The van der Waals surface area contributed by atoms with E-state index in [1.165, 1.54) is 30.5 Å². The Morgan fingerprint density at radius 1 is 0.969 bits per heavy atom. The van der Waals surface area contributed by atoms with E-state index in [1.807, 2.05) is 0 Å². The molecule has 0 saturated carbocycles. The van der Waals surface area contributed by atoms with Crippen molar-refractivity contribution in [1.29, 1.82) is 0 Å². The molecule has 0 fully saturated rings. The molecular formula is C23H18F3N3O3. The first-order chi connectivity index (χ1) is 15.3. The molecule has 164 valence electrons. The number of alkyl halides is 3.